The van der Waals surface area contributed by atoms with Crippen molar-refractivity contribution in [2.24, 2.45) is 0 Å². The lowest BCUT2D eigenvalue weighted by Gasteiger charge is -2.21. The molecule has 1 aromatic carbocycles. The number of pyridine rings is 1. The lowest BCUT2D eigenvalue weighted by molar-refractivity contribution is 0.643. The van der Waals surface area contributed by atoms with E-state index in [2.05, 4.69) is 63.5 Å². The molecule has 3 rings (SSSR count). The predicted octanol–water partition coefficient (Wildman–Crippen LogP) is 5.03. The van der Waals surface area contributed by atoms with Gasteiger partial charge in [0.1, 0.15) is 4.60 Å². The summed E-state index contributed by atoms with van der Waals surface area (Å²) >= 11 is 3.42. The first kappa shape index (κ1) is 13.6. The zero-order chi connectivity index (χ0) is 13.9. The molecule has 0 saturated heterocycles. The van der Waals surface area contributed by atoms with E-state index in [1.54, 1.807) is 0 Å². The van der Waals surface area contributed by atoms with E-state index in [4.69, 9.17) is 0 Å². The molecule has 0 fully saturated rings. The highest BCUT2D eigenvalue weighted by molar-refractivity contribution is 9.10. The van der Waals surface area contributed by atoms with Gasteiger partial charge in [-0.25, -0.2) is 4.98 Å². The van der Waals surface area contributed by atoms with Gasteiger partial charge in [-0.2, -0.15) is 0 Å². The van der Waals surface area contributed by atoms with Gasteiger partial charge in [0, 0.05) is 0 Å². The molecule has 1 aliphatic carbocycles. The monoisotopic (exact) mass is 330 g/mol. The van der Waals surface area contributed by atoms with E-state index >= 15 is 0 Å². The number of rotatable bonds is 2. The van der Waals surface area contributed by atoms with Crippen LogP contribution >= 0.6 is 15.9 Å². The minimum atomic E-state index is 0.398. The van der Waals surface area contributed by atoms with Crippen molar-refractivity contribution in [2.45, 2.75) is 38.6 Å². The number of anilines is 1. The van der Waals surface area contributed by atoms with Crippen LogP contribution in [0.5, 0.6) is 0 Å². The van der Waals surface area contributed by atoms with Crippen LogP contribution in [0.1, 0.15) is 42.1 Å². The molecule has 3 heteroatoms. The summed E-state index contributed by atoms with van der Waals surface area (Å²) in [7, 11) is 0. The number of nitrogens with zero attached hydrogens (tertiary/aromatic N) is 1. The van der Waals surface area contributed by atoms with Gasteiger partial charge >= 0.3 is 0 Å². The molecule has 1 heterocycles. The highest BCUT2D eigenvalue weighted by atomic mass is 79.9. The Morgan fingerprint density at radius 1 is 1.15 bits per heavy atom. The molecule has 1 unspecified atom stereocenters. The standard InChI is InChI=1S/C17H19BrN2/c1-12-15(10-11-17(18)19-12)20-16-9-5-3-7-13-6-2-4-8-14(13)16/h2,4,6,8,10-11,16,20H,3,5,7,9H2,1H3. The molecule has 1 aliphatic rings. The third kappa shape index (κ3) is 2.88. The molecule has 0 saturated carbocycles. The van der Waals surface area contributed by atoms with E-state index in [1.165, 1.54) is 36.8 Å². The van der Waals surface area contributed by atoms with Crippen molar-refractivity contribution in [3.63, 3.8) is 0 Å². The Morgan fingerprint density at radius 3 is 2.85 bits per heavy atom. The Balaban J connectivity index is 1.90. The third-order valence-electron chi connectivity index (χ3n) is 4.00. The molecule has 0 spiro atoms. The molecule has 0 amide bonds. The van der Waals surface area contributed by atoms with Crippen LogP contribution in [0.4, 0.5) is 5.69 Å². The Hall–Kier alpha value is -1.35. The average Bonchev–Trinajstić information content (AvgIpc) is 2.65. The zero-order valence-corrected chi connectivity index (χ0v) is 13.3. The first-order chi connectivity index (χ1) is 9.74. The maximum Gasteiger partial charge on any atom is 0.106 e. The molecule has 1 N–H and O–H groups in total. The molecule has 0 aliphatic heterocycles. The van der Waals surface area contributed by atoms with Crippen LogP contribution in [0.25, 0.3) is 0 Å². The van der Waals surface area contributed by atoms with Crippen LogP contribution in [0.15, 0.2) is 41.0 Å². The lowest BCUT2D eigenvalue weighted by atomic mass is 9.99. The van der Waals surface area contributed by atoms with E-state index in [9.17, 15) is 0 Å². The summed E-state index contributed by atoms with van der Waals surface area (Å²) in [6, 6.07) is 13.3. The number of fused-ring (bicyclic) bond motifs is 1. The molecule has 0 radical (unpaired) electrons. The molecule has 2 aromatic rings. The Kier molecular flexibility index (Phi) is 4.06. The Morgan fingerprint density at radius 2 is 2.00 bits per heavy atom. The van der Waals surface area contributed by atoms with Crippen LogP contribution in [0, 0.1) is 6.92 Å². The lowest BCUT2D eigenvalue weighted by Crippen LogP contribution is -2.12. The summed E-state index contributed by atoms with van der Waals surface area (Å²) < 4.78 is 0.891. The smallest absolute Gasteiger partial charge is 0.106 e. The van der Waals surface area contributed by atoms with E-state index in [0.29, 0.717) is 6.04 Å². The van der Waals surface area contributed by atoms with E-state index in [-0.39, 0.29) is 0 Å². The summed E-state index contributed by atoms with van der Waals surface area (Å²) in [5, 5.41) is 3.69. The molecule has 104 valence electrons. The second-order valence-corrected chi connectivity index (χ2v) is 6.22. The predicted molar refractivity (Wildman–Crippen MR) is 87.0 cm³/mol. The molecule has 0 bridgehead atoms. The van der Waals surface area contributed by atoms with Crippen molar-refractivity contribution >= 4 is 21.6 Å². The van der Waals surface area contributed by atoms with Gasteiger partial charge in [-0.3, -0.25) is 0 Å². The number of hydrogen-bond donors (Lipinski definition) is 1. The SMILES string of the molecule is Cc1nc(Br)ccc1NC1CCCCc2ccccc21. The van der Waals surface area contributed by atoms with Gasteiger partial charge in [0.25, 0.3) is 0 Å². The number of nitrogens with one attached hydrogen (secondary N) is 1. The first-order valence-corrected chi connectivity index (χ1v) is 8.01. The van der Waals surface area contributed by atoms with Crippen LogP contribution in [-0.2, 0) is 6.42 Å². The molecule has 1 atom stereocenters. The van der Waals surface area contributed by atoms with E-state index < -0.39 is 0 Å². The number of halogens is 1. The van der Waals surface area contributed by atoms with Crippen molar-refractivity contribution < 1.29 is 0 Å². The summed E-state index contributed by atoms with van der Waals surface area (Å²) in [5.41, 5.74) is 5.12. The Bertz CT molecular complexity index is 610. The minimum Gasteiger partial charge on any atom is -0.377 e. The summed E-state index contributed by atoms with van der Waals surface area (Å²) in [4.78, 5) is 4.47. The summed E-state index contributed by atoms with van der Waals surface area (Å²) in [6.45, 7) is 2.05. The van der Waals surface area contributed by atoms with Gasteiger partial charge in [0.05, 0.1) is 17.4 Å². The maximum atomic E-state index is 4.47. The van der Waals surface area contributed by atoms with Gasteiger partial charge in [0.15, 0.2) is 0 Å². The zero-order valence-electron chi connectivity index (χ0n) is 11.7. The fourth-order valence-corrected chi connectivity index (χ4v) is 3.34. The fourth-order valence-electron chi connectivity index (χ4n) is 2.94. The highest BCUT2D eigenvalue weighted by Crippen LogP contribution is 2.32. The van der Waals surface area contributed by atoms with Gasteiger partial charge in [-0.05, 0) is 65.4 Å². The highest BCUT2D eigenvalue weighted by Gasteiger charge is 2.18. The summed E-state index contributed by atoms with van der Waals surface area (Å²) in [6.07, 6.45) is 4.94. The normalized spacial score (nSPS) is 18.2. The van der Waals surface area contributed by atoms with Gasteiger partial charge in [-0.1, -0.05) is 30.7 Å². The van der Waals surface area contributed by atoms with Crippen LogP contribution in [0.2, 0.25) is 0 Å². The third-order valence-corrected chi connectivity index (χ3v) is 4.44. The average molecular weight is 331 g/mol. The van der Waals surface area contributed by atoms with Crippen molar-refractivity contribution in [3.05, 3.63) is 57.8 Å². The van der Waals surface area contributed by atoms with Crippen LogP contribution < -0.4 is 5.32 Å². The first-order valence-electron chi connectivity index (χ1n) is 7.21. The molecular formula is C17H19BrN2. The summed E-state index contributed by atoms with van der Waals surface area (Å²) in [5.74, 6) is 0. The van der Waals surface area contributed by atoms with Crippen molar-refractivity contribution in [3.8, 4) is 0 Å². The van der Waals surface area contributed by atoms with Gasteiger partial charge in [-0.15, -0.1) is 0 Å². The number of benzene rings is 1. The maximum absolute atomic E-state index is 4.47. The van der Waals surface area contributed by atoms with Gasteiger partial charge in [0.2, 0.25) is 0 Å². The largest absolute Gasteiger partial charge is 0.377 e. The van der Waals surface area contributed by atoms with E-state index in [0.717, 1.165) is 16.0 Å². The van der Waals surface area contributed by atoms with Crippen molar-refractivity contribution in [1.29, 1.82) is 0 Å². The number of hydrogen-bond acceptors (Lipinski definition) is 2. The van der Waals surface area contributed by atoms with Crippen LogP contribution in [-0.4, -0.2) is 4.98 Å². The second kappa shape index (κ2) is 5.96. The van der Waals surface area contributed by atoms with Gasteiger partial charge < -0.3 is 5.32 Å². The minimum absolute atomic E-state index is 0.398. The van der Waals surface area contributed by atoms with Crippen LogP contribution in [0.3, 0.4) is 0 Å². The topological polar surface area (TPSA) is 24.9 Å². The molecule has 2 nitrogen and oxygen atoms in total. The van der Waals surface area contributed by atoms with Crippen molar-refractivity contribution in [2.75, 3.05) is 5.32 Å². The molecular weight excluding hydrogens is 312 g/mol. The van der Waals surface area contributed by atoms with Crippen molar-refractivity contribution in [1.82, 2.24) is 4.98 Å². The quantitative estimate of drug-likeness (QED) is 0.616. The fraction of sp³-hybridized carbons (Fsp3) is 0.353. The Labute approximate surface area is 128 Å². The molecule has 20 heavy (non-hydrogen) atoms. The van der Waals surface area contributed by atoms with E-state index in [1.807, 2.05) is 6.07 Å². The molecule has 1 aromatic heterocycles. The number of aryl methyl sites for hydroxylation is 2. The number of aromatic nitrogens is 1. The second-order valence-electron chi connectivity index (χ2n) is 5.41.